The SMILES string of the molecule is CC(=O)N/C(=C\c1ccccc1)C(=O)OCC(=O)N1C[C@]2(C)C[C@H]1CC(C)(C)C2. The van der Waals surface area contributed by atoms with Crippen LogP contribution < -0.4 is 5.32 Å². The molecule has 1 saturated heterocycles. The van der Waals surface area contributed by atoms with Crippen molar-refractivity contribution in [2.75, 3.05) is 13.2 Å². The molecule has 2 fully saturated rings. The summed E-state index contributed by atoms with van der Waals surface area (Å²) >= 11 is 0. The molecule has 1 saturated carbocycles. The van der Waals surface area contributed by atoms with Crippen molar-refractivity contribution in [1.82, 2.24) is 10.2 Å². The van der Waals surface area contributed by atoms with Gasteiger partial charge in [-0.1, -0.05) is 51.1 Å². The molecule has 1 N–H and O–H groups in total. The van der Waals surface area contributed by atoms with E-state index in [1.54, 1.807) is 6.08 Å². The summed E-state index contributed by atoms with van der Waals surface area (Å²) in [5.41, 5.74) is 1.11. The number of benzene rings is 1. The van der Waals surface area contributed by atoms with E-state index in [4.69, 9.17) is 4.74 Å². The smallest absolute Gasteiger partial charge is 0.355 e. The third kappa shape index (κ3) is 5.25. The van der Waals surface area contributed by atoms with Crippen molar-refractivity contribution in [3.63, 3.8) is 0 Å². The second-order valence-electron chi connectivity index (χ2n) is 9.46. The fourth-order valence-electron chi connectivity index (χ4n) is 5.09. The lowest BCUT2D eigenvalue weighted by Gasteiger charge is -2.39. The zero-order valence-corrected chi connectivity index (χ0v) is 17.7. The van der Waals surface area contributed by atoms with E-state index < -0.39 is 5.97 Å². The standard InChI is InChI=1S/C23H30N2O4/c1-16(26)24-19(10-17-8-6-5-7-9-17)21(28)29-13-20(27)25-15-23(4)12-18(25)11-22(2,3)14-23/h5-10,18H,11-15H2,1-4H3,(H,24,26)/b19-10-/t18-,23-/m1/s1. The molecular weight excluding hydrogens is 368 g/mol. The number of hydrogen-bond acceptors (Lipinski definition) is 4. The molecule has 0 unspecified atom stereocenters. The van der Waals surface area contributed by atoms with E-state index in [-0.39, 0.29) is 41.0 Å². The Kier molecular flexibility index (Phi) is 5.82. The Bertz CT molecular complexity index is 831. The van der Waals surface area contributed by atoms with Crippen molar-refractivity contribution in [3.05, 3.63) is 41.6 Å². The Morgan fingerprint density at radius 1 is 1.17 bits per heavy atom. The number of nitrogens with one attached hydrogen (secondary N) is 1. The van der Waals surface area contributed by atoms with Gasteiger partial charge in [0, 0.05) is 19.5 Å². The van der Waals surface area contributed by atoms with Crippen molar-refractivity contribution in [1.29, 1.82) is 0 Å². The van der Waals surface area contributed by atoms with Crippen LogP contribution in [0.5, 0.6) is 0 Å². The number of esters is 1. The molecule has 29 heavy (non-hydrogen) atoms. The molecule has 2 bridgehead atoms. The average molecular weight is 399 g/mol. The summed E-state index contributed by atoms with van der Waals surface area (Å²) in [5, 5.41) is 2.50. The summed E-state index contributed by atoms with van der Waals surface area (Å²) in [6.07, 6.45) is 4.60. The Balaban J connectivity index is 1.65. The van der Waals surface area contributed by atoms with Crippen LogP contribution in [0, 0.1) is 10.8 Å². The van der Waals surface area contributed by atoms with Gasteiger partial charge >= 0.3 is 5.97 Å². The van der Waals surface area contributed by atoms with Crippen LogP contribution in [0.25, 0.3) is 6.08 Å². The Hall–Kier alpha value is -2.63. The van der Waals surface area contributed by atoms with Gasteiger partial charge in [0.2, 0.25) is 5.91 Å². The molecule has 1 heterocycles. The number of likely N-dealkylation sites (tertiary alicyclic amines) is 1. The summed E-state index contributed by atoms with van der Waals surface area (Å²) in [5.74, 6) is -1.27. The highest BCUT2D eigenvalue weighted by Crippen LogP contribution is 2.52. The first-order chi connectivity index (χ1) is 13.6. The summed E-state index contributed by atoms with van der Waals surface area (Å²) < 4.78 is 5.27. The highest BCUT2D eigenvalue weighted by molar-refractivity contribution is 5.98. The van der Waals surface area contributed by atoms with Crippen molar-refractivity contribution < 1.29 is 19.1 Å². The van der Waals surface area contributed by atoms with Gasteiger partial charge in [0.05, 0.1) is 0 Å². The number of carbonyl (C=O) groups is 3. The molecule has 6 heteroatoms. The molecule has 1 aromatic carbocycles. The lowest BCUT2D eigenvalue weighted by Crippen LogP contribution is -2.40. The Morgan fingerprint density at radius 2 is 1.86 bits per heavy atom. The number of fused-ring (bicyclic) bond motifs is 2. The van der Waals surface area contributed by atoms with Crippen LogP contribution in [0.15, 0.2) is 36.0 Å². The molecule has 1 aliphatic heterocycles. The molecule has 0 spiro atoms. The topological polar surface area (TPSA) is 75.7 Å². The van der Waals surface area contributed by atoms with E-state index in [1.165, 1.54) is 6.92 Å². The number of ether oxygens (including phenoxy) is 1. The zero-order valence-electron chi connectivity index (χ0n) is 17.7. The largest absolute Gasteiger partial charge is 0.451 e. The monoisotopic (exact) mass is 398 g/mol. The van der Waals surface area contributed by atoms with Gasteiger partial charge in [-0.25, -0.2) is 4.79 Å². The number of amides is 2. The van der Waals surface area contributed by atoms with Gasteiger partial charge in [-0.15, -0.1) is 0 Å². The summed E-state index contributed by atoms with van der Waals surface area (Å²) in [4.78, 5) is 38.7. The number of nitrogens with zero attached hydrogens (tertiary/aromatic N) is 1. The lowest BCUT2D eigenvalue weighted by molar-refractivity contribution is -0.150. The first-order valence-electron chi connectivity index (χ1n) is 10.1. The van der Waals surface area contributed by atoms with Gasteiger partial charge in [-0.05, 0) is 41.7 Å². The normalized spacial score (nSPS) is 25.4. The van der Waals surface area contributed by atoms with Crippen molar-refractivity contribution in [2.24, 2.45) is 10.8 Å². The maximum atomic E-state index is 12.8. The van der Waals surface area contributed by atoms with E-state index in [9.17, 15) is 14.4 Å². The predicted octanol–water partition coefficient (Wildman–Crippen LogP) is 3.13. The second-order valence-corrected chi connectivity index (χ2v) is 9.46. The Morgan fingerprint density at radius 3 is 2.52 bits per heavy atom. The third-order valence-electron chi connectivity index (χ3n) is 5.70. The van der Waals surface area contributed by atoms with Crippen molar-refractivity contribution >= 4 is 23.9 Å². The molecule has 156 valence electrons. The van der Waals surface area contributed by atoms with Crippen LogP contribution in [0.1, 0.15) is 52.5 Å². The van der Waals surface area contributed by atoms with Crippen molar-refractivity contribution in [2.45, 2.75) is 53.0 Å². The van der Waals surface area contributed by atoms with Crippen LogP contribution in [0.2, 0.25) is 0 Å². The minimum Gasteiger partial charge on any atom is -0.451 e. The highest BCUT2D eigenvalue weighted by Gasteiger charge is 2.50. The van der Waals surface area contributed by atoms with E-state index in [0.717, 1.165) is 24.8 Å². The molecule has 0 radical (unpaired) electrons. The number of rotatable bonds is 5. The number of carbonyl (C=O) groups excluding carboxylic acids is 3. The summed E-state index contributed by atoms with van der Waals surface area (Å²) in [6, 6.07) is 9.35. The molecule has 2 atom stereocenters. The highest BCUT2D eigenvalue weighted by atomic mass is 16.5. The van der Waals surface area contributed by atoms with Crippen LogP contribution >= 0.6 is 0 Å². The molecule has 1 aromatic rings. The molecule has 2 aliphatic rings. The quantitative estimate of drug-likeness (QED) is 0.611. The van der Waals surface area contributed by atoms with E-state index in [0.29, 0.717) is 6.54 Å². The lowest BCUT2D eigenvalue weighted by atomic mass is 9.65. The van der Waals surface area contributed by atoms with Crippen LogP contribution in [-0.4, -0.2) is 41.9 Å². The minimum absolute atomic E-state index is 0.0183. The van der Waals surface area contributed by atoms with Gasteiger partial charge in [-0.2, -0.15) is 0 Å². The summed E-state index contributed by atoms with van der Waals surface area (Å²) in [6.45, 7) is 8.44. The van der Waals surface area contributed by atoms with Gasteiger partial charge in [-0.3, -0.25) is 9.59 Å². The van der Waals surface area contributed by atoms with E-state index in [1.807, 2.05) is 35.2 Å². The van der Waals surface area contributed by atoms with Gasteiger partial charge in [0.15, 0.2) is 6.61 Å². The Labute approximate surface area is 172 Å². The summed E-state index contributed by atoms with van der Waals surface area (Å²) in [7, 11) is 0. The first-order valence-corrected chi connectivity index (χ1v) is 10.1. The van der Waals surface area contributed by atoms with Crippen LogP contribution in [0.3, 0.4) is 0 Å². The molecule has 2 amide bonds. The maximum Gasteiger partial charge on any atom is 0.355 e. The molecular formula is C23H30N2O4. The van der Waals surface area contributed by atoms with Gasteiger partial charge < -0.3 is 15.0 Å². The fourth-order valence-corrected chi connectivity index (χ4v) is 5.09. The van der Waals surface area contributed by atoms with Gasteiger partial charge in [0.25, 0.3) is 5.91 Å². The fraction of sp³-hybridized carbons (Fsp3) is 0.522. The van der Waals surface area contributed by atoms with Gasteiger partial charge in [0.1, 0.15) is 5.70 Å². The van der Waals surface area contributed by atoms with Crippen LogP contribution in [-0.2, 0) is 19.1 Å². The number of hydrogen-bond donors (Lipinski definition) is 1. The van der Waals surface area contributed by atoms with E-state index in [2.05, 4.69) is 26.1 Å². The second kappa shape index (κ2) is 8.01. The molecule has 0 aromatic heterocycles. The van der Waals surface area contributed by atoms with E-state index >= 15 is 0 Å². The molecule has 3 rings (SSSR count). The predicted molar refractivity (Wildman–Crippen MR) is 110 cm³/mol. The maximum absolute atomic E-state index is 12.8. The zero-order chi connectivity index (χ0) is 21.2. The third-order valence-corrected chi connectivity index (χ3v) is 5.70. The molecule has 1 aliphatic carbocycles. The average Bonchev–Trinajstić information content (AvgIpc) is 2.88. The molecule has 6 nitrogen and oxygen atoms in total. The first kappa shape index (κ1) is 21.1. The van der Waals surface area contributed by atoms with Crippen LogP contribution in [0.4, 0.5) is 0 Å². The minimum atomic E-state index is -0.717. The van der Waals surface area contributed by atoms with Crippen molar-refractivity contribution in [3.8, 4) is 0 Å².